The third-order valence-electron chi connectivity index (χ3n) is 6.15. The Kier molecular flexibility index (Phi) is 3.14. The molecule has 0 fully saturated rings. The molecule has 0 spiro atoms. The molecular weight excluding hydrogens is 368 g/mol. The number of phenols is 1. The third kappa shape index (κ3) is 2.12. The van der Waals surface area contributed by atoms with Crippen molar-refractivity contribution >= 4 is 22.8 Å². The highest BCUT2D eigenvalue weighted by molar-refractivity contribution is 6.19. The third-order valence-corrected chi connectivity index (χ3v) is 6.15. The fourth-order valence-electron chi connectivity index (χ4n) is 4.71. The largest absolute Gasteiger partial charge is 0.505 e. The van der Waals surface area contributed by atoms with Gasteiger partial charge in [-0.3, -0.25) is 14.5 Å². The zero-order valence-electron chi connectivity index (χ0n) is 16.1. The molecule has 0 saturated carbocycles. The molecule has 0 bridgehead atoms. The number of rotatable bonds is 3. The van der Waals surface area contributed by atoms with E-state index in [9.17, 15) is 14.7 Å². The van der Waals surface area contributed by atoms with E-state index < -0.39 is 0 Å². The summed E-state index contributed by atoms with van der Waals surface area (Å²) in [6.45, 7) is 2.04. The number of hydrogen-bond acceptors (Lipinski definition) is 3. The van der Waals surface area contributed by atoms with E-state index in [1.165, 1.54) is 4.90 Å². The number of imide groups is 1. The Morgan fingerprint density at radius 3 is 2.10 bits per heavy atom. The van der Waals surface area contributed by atoms with Gasteiger partial charge in [-0.1, -0.05) is 18.2 Å². The minimum atomic E-state index is -0.196. The summed E-state index contributed by atoms with van der Waals surface area (Å²) in [6.07, 6.45) is 3.26. The molecule has 0 atom stereocenters. The van der Waals surface area contributed by atoms with Crippen LogP contribution in [0.25, 0.3) is 16.7 Å². The van der Waals surface area contributed by atoms with Gasteiger partial charge in [-0.25, -0.2) is 0 Å². The first-order valence-corrected chi connectivity index (χ1v) is 9.96. The fraction of sp³-hybridized carbons (Fsp3) is 0.273. The number of para-hydroxylation sites is 2. The lowest BCUT2D eigenvalue weighted by Crippen LogP contribution is -2.31. The lowest BCUT2D eigenvalue weighted by atomic mass is 9.93. The summed E-state index contributed by atoms with van der Waals surface area (Å²) >= 11 is 0. The van der Waals surface area contributed by atoms with Crippen LogP contribution in [-0.2, 0) is 16.1 Å². The van der Waals surface area contributed by atoms with E-state index in [4.69, 9.17) is 0 Å². The van der Waals surface area contributed by atoms with Gasteiger partial charge in [0.25, 0.3) is 11.8 Å². The van der Waals surface area contributed by atoms with Crippen molar-refractivity contribution in [1.29, 1.82) is 0 Å². The van der Waals surface area contributed by atoms with E-state index in [0.717, 1.165) is 29.4 Å². The van der Waals surface area contributed by atoms with Crippen LogP contribution in [0.4, 0.5) is 0 Å². The Balaban J connectivity index is 1.38. The maximum Gasteiger partial charge on any atom is 0.257 e. The summed E-state index contributed by atoms with van der Waals surface area (Å²) in [6, 6.07) is 11.8. The van der Waals surface area contributed by atoms with Gasteiger partial charge in [-0.2, -0.15) is 0 Å². The number of fused-ring (bicyclic) bond motifs is 4. The molecule has 2 aliphatic rings. The molecule has 4 aromatic rings. The van der Waals surface area contributed by atoms with E-state index in [1.807, 2.05) is 57.4 Å². The summed E-state index contributed by atoms with van der Waals surface area (Å²) in [5.74, 6) is -0.293. The van der Waals surface area contributed by atoms with Gasteiger partial charge in [0.1, 0.15) is 22.5 Å². The number of amides is 2. The molecule has 0 unspecified atom stereocenters. The highest BCUT2D eigenvalue weighted by Gasteiger charge is 2.39. The summed E-state index contributed by atoms with van der Waals surface area (Å²) < 4.78 is 3.94. The number of phenolic OH excluding ortho intramolecular Hbond substituents is 1. The number of nitrogens with zero attached hydrogens (tertiary/aromatic N) is 4. The van der Waals surface area contributed by atoms with Crippen LogP contribution in [-0.4, -0.2) is 35.9 Å². The quantitative estimate of drug-likeness (QED) is 0.548. The average molecular weight is 388 g/mol. The normalized spacial score (nSPS) is 17.5. The first-order chi connectivity index (χ1) is 14.1. The van der Waals surface area contributed by atoms with Gasteiger partial charge in [0.05, 0.1) is 6.54 Å². The predicted molar refractivity (Wildman–Crippen MR) is 106 cm³/mol. The van der Waals surface area contributed by atoms with Crippen molar-refractivity contribution in [2.45, 2.75) is 39.2 Å². The standard InChI is InChI=1S/C22H20N4O3/c1-13-10-14(12-23-21(28)15-6-2-3-7-16(15)22(23)29)20(27)19(11-13)26-24-17-8-4-5-9-18(17)25(24)26/h4-5,8-11,27H,2-3,6-7,12H2,1H3. The fourth-order valence-corrected chi connectivity index (χ4v) is 4.71. The lowest BCUT2D eigenvalue weighted by Gasteiger charge is -2.17. The number of aryl methyl sites for hydroxylation is 1. The number of hydrogen-bond donors (Lipinski definition) is 1. The Morgan fingerprint density at radius 1 is 0.931 bits per heavy atom. The Morgan fingerprint density at radius 2 is 1.52 bits per heavy atom. The van der Waals surface area contributed by atoms with Crippen molar-refractivity contribution in [3.8, 4) is 11.4 Å². The molecule has 1 aliphatic heterocycles. The Hall–Kier alpha value is -3.48. The second-order valence-electron chi connectivity index (χ2n) is 8.01. The molecular formula is C22H20N4O3. The highest BCUT2D eigenvalue weighted by atomic mass is 16.3. The number of carbonyl (C=O) groups is 2. The van der Waals surface area contributed by atoms with Gasteiger partial charge >= 0.3 is 0 Å². The second kappa shape index (κ2) is 5.53. The Labute approximate surface area is 166 Å². The van der Waals surface area contributed by atoms with Crippen molar-refractivity contribution in [1.82, 2.24) is 19.0 Å². The molecule has 1 aliphatic carbocycles. The van der Waals surface area contributed by atoms with Crippen LogP contribution in [0, 0.1) is 6.92 Å². The molecule has 29 heavy (non-hydrogen) atoms. The molecule has 7 nitrogen and oxygen atoms in total. The Bertz CT molecular complexity index is 1280. The van der Waals surface area contributed by atoms with Gasteiger partial charge in [-0.15, -0.1) is 14.1 Å². The zero-order chi connectivity index (χ0) is 19.9. The van der Waals surface area contributed by atoms with Gasteiger partial charge in [0.15, 0.2) is 0 Å². The molecule has 7 heteroatoms. The number of aromatic hydroxyl groups is 1. The maximum absolute atomic E-state index is 12.8. The molecule has 2 aromatic heterocycles. The van der Waals surface area contributed by atoms with Crippen LogP contribution in [0.1, 0.15) is 36.8 Å². The van der Waals surface area contributed by atoms with Crippen LogP contribution in [0.3, 0.4) is 0 Å². The van der Waals surface area contributed by atoms with Gasteiger partial charge in [-0.05, 0) is 56.4 Å². The molecule has 1 N–H and O–H groups in total. The van der Waals surface area contributed by atoms with Crippen molar-refractivity contribution in [3.63, 3.8) is 0 Å². The molecule has 146 valence electrons. The minimum absolute atomic E-state index is 0.0893. The van der Waals surface area contributed by atoms with Crippen LogP contribution >= 0.6 is 0 Å². The number of aromatic nitrogens is 3. The minimum Gasteiger partial charge on any atom is -0.505 e. The van der Waals surface area contributed by atoms with E-state index in [1.54, 1.807) is 0 Å². The van der Waals surface area contributed by atoms with E-state index in [2.05, 4.69) is 0 Å². The van der Waals surface area contributed by atoms with Gasteiger partial charge in [0, 0.05) is 16.7 Å². The molecule has 2 aromatic carbocycles. The SMILES string of the molecule is Cc1cc(CN2C(=O)C3=C(CCCC3)C2=O)c(O)c(-n2n3c4ccccc4n23)c1. The summed E-state index contributed by atoms with van der Waals surface area (Å²) in [7, 11) is 0. The highest BCUT2D eigenvalue weighted by Crippen LogP contribution is 2.37. The molecule has 3 heterocycles. The molecule has 0 radical (unpaired) electrons. The molecule has 2 amide bonds. The van der Waals surface area contributed by atoms with Crippen LogP contribution in [0.2, 0.25) is 0 Å². The van der Waals surface area contributed by atoms with E-state index >= 15 is 0 Å². The maximum atomic E-state index is 12.8. The second-order valence-corrected chi connectivity index (χ2v) is 8.01. The van der Waals surface area contributed by atoms with Gasteiger partial charge in [0.2, 0.25) is 0 Å². The summed E-state index contributed by atoms with van der Waals surface area (Å²) in [5, 5.41) is 11.0. The van der Waals surface area contributed by atoms with Crippen molar-refractivity contribution in [2.24, 2.45) is 0 Å². The topological polar surface area (TPSA) is 71.4 Å². The summed E-state index contributed by atoms with van der Waals surface area (Å²) in [5.41, 5.74) is 5.69. The zero-order valence-corrected chi connectivity index (χ0v) is 16.1. The van der Waals surface area contributed by atoms with Crippen molar-refractivity contribution in [3.05, 3.63) is 58.7 Å². The van der Waals surface area contributed by atoms with Crippen LogP contribution in [0.15, 0.2) is 47.5 Å². The number of carbonyl (C=O) groups excluding carboxylic acids is 2. The lowest BCUT2D eigenvalue weighted by molar-refractivity contribution is -0.138. The number of benzene rings is 2. The van der Waals surface area contributed by atoms with Gasteiger partial charge < -0.3 is 5.11 Å². The van der Waals surface area contributed by atoms with Crippen LogP contribution < -0.4 is 0 Å². The molecule has 6 rings (SSSR count). The van der Waals surface area contributed by atoms with Crippen molar-refractivity contribution in [2.75, 3.05) is 0 Å². The first-order valence-electron chi connectivity index (χ1n) is 9.96. The average Bonchev–Trinajstić information content (AvgIpc) is 3.33. The predicted octanol–water partition coefficient (Wildman–Crippen LogP) is 3.17. The first kappa shape index (κ1) is 16.5. The van der Waals surface area contributed by atoms with Crippen LogP contribution in [0.5, 0.6) is 5.75 Å². The monoisotopic (exact) mass is 388 g/mol. The summed E-state index contributed by atoms with van der Waals surface area (Å²) in [4.78, 5) is 28.8. The van der Waals surface area contributed by atoms with E-state index in [0.29, 0.717) is 35.2 Å². The van der Waals surface area contributed by atoms with E-state index in [-0.39, 0.29) is 24.1 Å². The van der Waals surface area contributed by atoms with Crippen molar-refractivity contribution < 1.29 is 14.7 Å². The molecule has 0 saturated heterocycles. The smallest absolute Gasteiger partial charge is 0.257 e.